The molecule has 2 aromatic carbocycles. The summed E-state index contributed by atoms with van der Waals surface area (Å²) in [5.41, 5.74) is 1.73. The lowest BCUT2D eigenvalue weighted by Gasteiger charge is -2.19. The summed E-state index contributed by atoms with van der Waals surface area (Å²) in [7, 11) is 1.71. The summed E-state index contributed by atoms with van der Waals surface area (Å²) in [6.07, 6.45) is 2.15. The van der Waals surface area contributed by atoms with Gasteiger partial charge in [-0.15, -0.1) is 0 Å². The van der Waals surface area contributed by atoms with Crippen LogP contribution in [0.1, 0.15) is 49.5 Å². The first-order valence-electron chi connectivity index (χ1n) is 12.5. The fourth-order valence-corrected chi connectivity index (χ4v) is 3.83. The number of benzene rings is 2. The molecule has 0 aliphatic heterocycles. The van der Waals surface area contributed by atoms with Gasteiger partial charge < -0.3 is 15.4 Å². The molecule has 1 heterocycles. The van der Waals surface area contributed by atoms with Crippen LogP contribution in [-0.2, 0) is 32.6 Å². The van der Waals surface area contributed by atoms with Gasteiger partial charge in [-0.25, -0.2) is 0 Å². The molecule has 0 aliphatic rings. The van der Waals surface area contributed by atoms with Gasteiger partial charge in [-0.1, -0.05) is 60.7 Å². The van der Waals surface area contributed by atoms with E-state index < -0.39 is 29.2 Å². The number of aromatic nitrogens is 2. The minimum Gasteiger partial charge on any atom is -0.460 e. The lowest BCUT2D eigenvalue weighted by atomic mass is 10.0. The molecule has 0 fully saturated rings. The van der Waals surface area contributed by atoms with Crippen LogP contribution in [0, 0.1) is 0 Å². The number of rotatable bonds is 11. The Morgan fingerprint density at radius 1 is 0.974 bits per heavy atom. The summed E-state index contributed by atoms with van der Waals surface area (Å²) in [4.78, 5) is 51.1. The Hall–Kier alpha value is -4.27. The number of nitrogens with zero attached hydrogens (tertiary/aromatic N) is 2. The predicted molar refractivity (Wildman–Crippen MR) is 143 cm³/mol. The molecule has 3 aromatic rings. The van der Waals surface area contributed by atoms with Gasteiger partial charge in [0.2, 0.25) is 5.78 Å². The number of aryl methyl sites for hydroxylation is 1. The van der Waals surface area contributed by atoms with Crippen molar-refractivity contribution in [2.75, 3.05) is 6.54 Å². The smallest absolute Gasteiger partial charge is 0.306 e. The Labute approximate surface area is 222 Å². The van der Waals surface area contributed by atoms with E-state index in [4.69, 9.17) is 4.74 Å². The van der Waals surface area contributed by atoms with E-state index >= 15 is 0 Å². The van der Waals surface area contributed by atoms with Crippen LogP contribution in [0.25, 0.3) is 11.3 Å². The average molecular weight is 519 g/mol. The quantitative estimate of drug-likeness (QED) is 0.229. The maximum Gasteiger partial charge on any atom is 0.306 e. The van der Waals surface area contributed by atoms with Gasteiger partial charge in [-0.05, 0) is 32.8 Å². The largest absolute Gasteiger partial charge is 0.460 e. The number of ketones is 1. The van der Waals surface area contributed by atoms with Crippen LogP contribution in [0.4, 0.5) is 0 Å². The SMILES string of the molecule is Cn1cc(C(=O)NC(Cc2ccccc2)C(=O)C(=O)NCCCC(=O)OC(C)(C)C)c(-c2ccccc2)n1. The second kappa shape index (κ2) is 12.8. The van der Waals surface area contributed by atoms with Crippen LogP contribution >= 0.6 is 0 Å². The van der Waals surface area contributed by atoms with E-state index in [0.717, 1.165) is 11.1 Å². The first-order chi connectivity index (χ1) is 18.0. The first kappa shape index (κ1) is 28.3. The number of carbonyl (C=O) groups excluding carboxylic acids is 4. The molecule has 1 aromatic heterocycles. The number of amides is 2. The van der Waals surface area contributed by atoms with Gasteiger partial charge in [0.15, 0.2) is 0 Å². The monoisotopic (exact) mass is 518 g/mol. The summed E-state index contributed by atoms with van der Waals surface area (Å²) in [5.74, 6) is -2.49. The lowest BCUT2D eigenvalue weighted by Crippen LogP contribution is -2.49. The molecule has 2 N–H and O–H groups in total. The van der Waals surface area contributed by atoms with Gasteiger partial charge in [-0.2, -0.15) is 5.10 Å². The maximum atomic E-state index is 13.3. The van der Waals surface area contributed by atoms with Crippen LogP contribution in [0.3, 0.4) is 0 Å². The number of ether oxygens (including phenoxy) is 1. The average Bonchev–Trinajstić information content (AvgIpc) is 3.27. The fraction of sp³-hybridized carbons (Fsp3) is 0.345. The van der Waals surface area contributed by atoms with Crippen LogP contribution in [0.15, 0.2) is 66.9 Å². The maximum absolute atomic E-state index is 13.3. The van der Waals surface area contributed by atoms with Crippen molar-refractivity contribution in [2.45, 2.75) is 51.7 Å². The highest BCUT2D eigenvalue weighted by Crippen LogP contribution is 2.22. The van der Waals surface area contributed by atoms with E-state index in [2.05, 4.69) is 15.7 Å². The zero-order chi connectivity index (χ0) is 27.7. The number of esters is 1. The third-order valence-corrected chi connectivity index (χ3v) is 5.51. The van der Waals surface area contributed by atoms with Gasteiger partial charge in [0.1, 0.15) is 17.3 Å². The Bertz CT molecular complexity index is 1260. The fourth-order valence-electron chi connectivity index (χ4n) is 3.83. The van der Waals surface area contributed by atoms with Crippen LogP contribution in [0.5, 0.6) is 0 Å². The van der Waals surface area contributed by atoms with Gasteiger partial charge in [0, 0.05) is 38.2 Å². The third-order valence-electron chi connectivity index (χ3n) is 5.51. The molecular formula is C29H34N4O5. The molecule has 0 aliphatic carbocycles. The number of carbonyl (C=O) groups is 4. The number of hydrogen-bond acceptors (Lipinski definition) is 6. The predicted octanol–water partition coefficient (Wildman–Crippen LogP) is 3.24. The highest BCUT2D eigenvalue weighted by atomic mass is 16.6. The number of hydrogen-bond donors (Lipinski definition) is 2. The van der Waals surface area contributed by atoms with E-state index in [1.807, 2.05) is 60.7 Å². The Kier molecular flexibility index (Phi) is 9.54. The number of nitrogens with one attached hydrogen (secondary N) is 2. The molecule has 0 saturated heterocycles. The van der Waals surface area contributed by atoms with Crippen molar-refractivity contribution < 1.29 is 23.9 Å². The highest BCUT2D eigenvalue weighted by Gasteiger charge is 2.29. The Morgan fingerprint density at radius 3 is 2.24 bits per heavy atom. The van der Waals surface area contributed by atoms with Crippen molar-refractivity contribution in [1.29, 1.82) is 0 Å². The summed E-state index contributed by atoms with van der Waals surface area (Å²) in [5, 5.41) is 9.71. The minimum absolute atomic E-state index is 0.110. The zero-order valence-corrected chi connectivity index (χ0v) is 22.2. The van der Waals surface area contributed by atoms with E-state index in [-0.39, 0.29) is 25.4 Å². The molecule has 0 spiro atoms. The summed E-state index contributed by atoms with van der Waals surface area (Å²) >= 11 is 0. The molecule has 9 nitrogen and oxygen atoms in total. The zero-order valence-electron chi connectivity index (χ0n) is 22.2. The van der Waals surface area contributed by atoms with Crippen LogP contribution in [-0.4, -0.2) is 51.5 Å². The summed E-state index contributed by atoms with van der Waals surface area (Å²) < 4.78 is 6.78. The highest BCUT2D eigenvalue weighted by molar-refractivity contribution is 6.38. The second-order valence-electron chi connectivity index (χ2n) is 9.96. The standard InChI is InChI=1S/C29H34N4O5/c1-29(2,3)38-24(34)16-11-17-30-28(37)26(35)23(18-20-12-7-5-8-13-20)31-27(36)22-19-33(4)32-25(22)21-14-9-6-10-15-21/h5-10,12-15,19,23H,11,16-18H2,1-4H3,(H,30,37)(H,31,36). The van der Waals surface area contributed by atoms with Crippen molar-refractivity contribution in [3.8, 4) is 11.3 Å². The molecular weight excluding hydrogens is 484 g/mol. The van der Waals surface area contributed by atoms with E-state index in [0.29, 0.717) is 17.7 Å². The van der Waals surface area contributed by atoms with Crippen molar-refractivity contribution in [3.05, 3.63) is 78.0 Å². The van der Waals surface area contributed by atoms with Gasteiger partial charge in [0.25, 0.3) is 11.8 Å². The molecule has 9 heteroatoms. The summed E-state index contributed by atoms with van der Waals surface area (Å²) in [6.45, 7) is 5.46. The Morgan fingerprint density at radius 2 is 1.61 bits per heavy atom. The normalized spacial score (nSPS) is 11.9. The van der Waals surface area contributed by atoms with Gasteiger partial charge in [0.05, 0.1) is 5.56 Å². The molecule has 200 valence electrons. The summed E-state index contributed by atoms with van der Waals surface area (Å²) in [6, 6.07) is 17.3. The molecule has 0 saturated carbocycles. The van der Waals surface area contributed by atoms with Crippen molar-refractivity contribution in [3.63, 3.8) is 0 Å². The molecule has 0 bridgehead atoms. The second-order valence-corrected chi connectivity index (χ2v) is 9.96. The topological polar surface area (TPSA) is 119 Å². The molecule has 2 amide bonds. The van der Waals surface area contributed by atoms with E-state index in [1.54, 1.807) is 34.0 Å². The lowest BCUT2D eigenvalue weighted by molar-refractivity contribution is -0.155. The number of Topliss-reactive ketones (excluding diaryl/α,β-unsaturated/α-hetero) is 1. The van der Waals surface area contributed by atoms with Crippen LogP contribution in [0.2, 0.25) is 0 Å². The Balaban J connectivity index is 1.70. The molecule has 3 rings (SSSR count). The van der Waals surface area contributed by atoms with Gasteiger partial charge in [-0.3, -0.25) is 23.9 Å². The van der Waals surface area contributed by atoms with Crippen molar-refractivity contribution in [1.82, 2.24) is 20.4 Å². The van der Waals surface area contributed by atoms with E-state index in [1.165, 1.54) is 4.68 Å². The van der Waals surface area contributed by atoms with Crippen molar-refractivity contribution in [2.24, 2.45) is 7.05 Å². The van der Waals surface area contributed by atoms with Gasteiger partial charge >= 0.3 is 5.97 Å². The molecule has 0 radical (unpaired) electrons. The van der Waals surface area contributed by atoms with Crippen LogP contribution < -0.4 is 10.6 Å². The van der Waals surface area contributed by atoms with E-state index in [9.17, 15) is 19.2 Å². The third kappa shape index (κ3) is 8.40. The van der Waals surface area contributed by atoms with Crippen molar-refractivity contribution >= 4 is 23.6 Å². The minimum atomic E-state index is -1.10. The molecule has 1 unspecified atom stereocenters. The first-order valence-corrected chi connectivity index (χ1v) is 12.5. The molecule has 1 atom stereocenters. The molecule has 38 heavy (non-hydrogen) atoms.